The van der Waals surface area contributed by atoms with Gasteiger partial charge in [0.05, 0.1) is 5.41 Å². The van der Waals surface area contributed by atoms with Crippen molar-refractivity contribution in [2.75, 3.05) is 7.05 Å². The first-order valence-corrected chi connectivity index (χ1v) is 6.95. The van der Waals surface area contributed by atoms with Gasteiger partial charge < -0.3 is 4.74 Å². The van der Waals surface area contributed by atoms with Crippen molar-refractivity contribution in [3.63, 3.8) is 0 Å². The summed E-state index contributed by atoms with van der Waals surface area (Å²) in [6.45, 7) is 6.71. The van der Waals surface area contributed by atoms with E-state index in [2.05, 4.69) is 44.5 Å². The van der Waals surface area contributed by atoms with Gasteiger partial charge in [0.25, 0.3) is 0 Å². The summed E-state index contributed by atoms with van der Waals surface area (Å²) in [5.41, 5.74) is 4.02. The maximum Gasteiger partial charge on any atom is 0.209 e. The number of rotatable bonds is 2. The third-order valence-electron chi connectivity index (χ3n) is 4.39. The van der Waals surface area contributed by atoms with E-state index in [9.17, 15) is 0 Å². The predicted molar refractivity (Wildman–Crippen MR) is 82.5 cm³/mol. The summed E-state index contributed by atoms with van der Waals surface area (Å²) in [4.78, 5) is 0. The summed E-state index contributed by atoms with van der Waals surface area (Å²) in [5.74, 6) is 1.77. The molecular weight excluding hydrogens is 246 g/mol. The van der Waals surface area contributed by atoms with Gasteiger partial charge in [-0.25, -0.2) is 4.58 Å². The summed E-state index contributed by atoms with van der Waals surface area (Å²) in [6.07, 6.45) is 0. The molecule has 2 nitrogen and oxygen atoms in total. The van der Waals surface area contributed by atoms with E-state index in [-0.39, 0.29) is 5.41 Å². The molecular formula is C18H20NO+. The molecule has 0 amide bonds. The van der Waals surface area contributed by atoms with Crippen LogP contribution in [0.5, 0.6) is 11.5 Å². The number of hydrogen-bond donors (Lipinski definition) is 0. The Morgan fingerprint density at radius 1 is 0.950 bits per heavy atom. The van der Waals surface area contributed by atoms with Gasteiger partial charge in [-0.05, 0) is 38.1 Å². The fraction of sp³-hybridized carbons (Fsp3) is 0.278. The first kappa shape index (κ1) is 12.9. The fourth-order valence-corrected chi connectivity index (χ4v) is 2.79. The molecule has 0 radical (unpaired) electrons. The summed E-state index contributed by atoms with van der Waals surface area (Å²) >= 11 is 0. The second-order valence-electron chi connectivity index (χ2n) is 5.86. The van der Waals surface area contributed by atoms with Crippen LogP contribution in [-0.2, 0) is 5.41 Å². The normalized spacial score (nSPS) is 16.2. The van der Waals surface area contributed by atoms with Gasteiger partial charge in [-0.15, -0.1) is 0 Å². The highest BCUT2D eigenvalue weighted by atomic mass is 16.5. The molecule has 0 atom stereocenters. The first-order valence-electron chi connectivity index (χ1n) is 6.95. The summed E-state index contributed by atoms with van der Waals surface area (Å²) in [7, 11) is 2.13. The van der Waals surface area contributed by atoms with E-state index in [0.717, 1.165) is 11.5 Å². The molecule has 0 aliphatic carbocycles. The Morgan fingerprint density at radius 2 is 1.65 bits per heavy atom. The number of para-hydroxylation sites is 1. The number of ether oxygens (including phenoxy) is 1. The highest BCUT2D eigenvalue weighted by Gasteiger charge is 2.41. The predicted octanol–water partition coefficient (Wildman–Crippen LogP) is 4.50. The van der Waals surface area contributed by atoms with Crippen LogP contribution in [0, 0.1) is 0 Å². The zero-order chi connectivity index (χ0) is 14.3. The Labute approximate surface area is 120 Å². The zero-order valence-corrected chi connectivity index (χ0v) is 12.5. The van der Waals surface area contributed by atoms with Gasteiger partial charge in [0.2, 0.25) is 5.69 Å². The number of fused-ring (bicyclic) bond motifs is 1. The van der Waals surface area contributed by atoms with Crippen LogP contribution in [-0.4, -0.2) is 17.3 Å². The lowest BCUT2D eigenvalue weighted by molar-refractivity contribution is -0.403. The molecule has 2 aromatic rings. The molecule has 0 bridgehead atoms. The smallest absolute Gasteiger partial charge is 0.209 e. The minimum absolute atomic E-state index is 0.0557. The van der Waals surface area contributed by atoms with Gasteiger partial charge in [0, 0.05) is 18.6 Å². The first-order chi connectivity index (χ1) is 9.50. The van der Waals surface area contributed by atoms with Gasteiger partial charge in [-0.1, -0.05) is 18.2 Å². The van der Waals surface area contributed by atoms with Gasteiger partial charge in [0.15, 0.2) is 5.71 Å². The summed E-state index contributed by atoms with van der Waals surface area (Å²) in [5, 5.41) is 0. The van der Waals surface area contributed by atoms with Crippen molar-refractivity contribution in [1.29, 1.82) is 0 Å². The van der Waals surface area contributed by atoms with Crippen LogP contribution in [0.15, 0.2) is 48.5 Å². The van der Waals surface area contributed by atoms with Crippen LogP contribution in [0.2, 0.25) is 0 Å². The highest BCUT2D eigenvalue weighted by molar-refractivity contribution is 5.93. The molecule has 0 fully saturated rings. The topological polar surface area (TPSA) is 12.2 Å². The standard InChI is InChI=1S/C18H20NO/c1-13-18(2,3)16-12-15(10-11-17(16)19(13)4)20-14-8-6-5-7-9-14/h5-12H,1-4H3/q+1. The van der Waals surface area contributed by atoms with Crippen molar-refractivity contribution in [2.24, 2.45) is 0 Å². The lowest BCUT2D eigenvalue weighted by Gasteiger charge is -2.16. The summed E-state index contributed by atoms with van der Waals surface area (Å²) in [6, 6.07) is 16.3. The molecule has 0 saturated carbocycles. The van der Waals surface area contributed by atoms with Gasteiger partial charge >= 0.3 is 0 Å². The van der Waals surface area contributed by atoms with Crippen molar-refractivity contribution < 1.29 is 9.31 Å². The van der Waals surface area contributed by atoms with Crippen LogP contribution < -0.4 is 4.74 Å². The average molecular weight is 266 g/mol. The molecule has 0 unspecified atom stereocenters. The van der Waals surface area contributed by atoms with Gasteiger partial charge in [0.1, 0.15) is 18.5 Å². The van der Waals surface area contributed by atoms with Gasteiger partial charge in [-0.3, -0.25) is 0 Å². The minimum atomic E-state index is 0.0557. The molecule has 20 heavy (non-hydrogen) atoms. The van der Waals surface area contributed by atoms with Crippen molar-refractivity contribution in [3.05, 3.63) is 54.1 Å². The molecule has 2 heteroatoms. The quantitative estimate of drug-likeness (QED) is 0.729. The van der Waals surface area contributed by atoms with Crippen LogP contribution in [0.1, 0.15) is 26.3 Å². The van der Waals surface area contributed by atoms with E-state index in [0.29, 0.717) is 0 Å². The lowest BCUT2D eigenvalue weighted by atomic mass is 9.82. The molecule has 1 heterocycles. The molecule has 0 spiro atoms. The van der Waals surface area contributed by atoms with Crippen molar-refractivity contribution >= 4 is 11.4 Å². The largest absolute Gasteiger partial charge is 0.457 e. The van der Waals surface area contributed by atoms with E-state index in [1.54, 1.807) is 0 Å². The Bertz CT molecular complexity index is 684. The second kappa shape index (κ2) is 4.48. The van der Waals surface area contributed by atoms with Crippen LogP contribution in [0.4, 0.5) is 5.69 Å². The Morgan fingerprint density at radius 3 is 2.35 bits per heavy atom. The third-order valence-corrected chi connectivity index (χ3v) is 4.39. The average Bonchev–Trinajstić information content (AvgIpc) is 2.62. The SMILES string of the molecule is CC1=[N+](C)c2ccc(Oc3ccccc3)cc2C1(C)C. The lowest BCUT2D eigenvalue weighted by Crippen LogP contribution is -2.25. The maximum atomic E-state index is 5.94. The molecule has 1 aliphatic rings. The number of hydrogen-bond acceptors (Lipinski definition) is 1. The maximum absolute atomic E-state index is 5.94. The molecule has 0 N–H and O–H groups in total. The van der Waals surface area contributed by atoms with E-state index in [1.165, 1.54) is 17.0 Å². The minimum Gasteiger partial charge on any atom is -0.457 e. The van der Waals surface area contributed by atoms with E-state index < -0.39 is 0 Å². The highest BCUT2D eigenvalue weighted by Crippen LogP contribution is 2.41. The second-order valence-corrected chi connectivity index (χ2v) is 5.86. The van der Waals surface area contributed by atoms with Crippen LogP contribution >= 0.6 is 0 Å². The van der Waals surface area contributed by atoms with E-state index in [1.807, 2.05) is 36.4 Å². The monoisotopic (exact) mass is 266 g/mol. The Hall–Kier alpha value is -2.09. The number of nitrogens with zero attached hydrogens (tertiary/aromatic N) is 1. The third kappa shape index (κ3) is 1.92. The van der Waals surface area contributed by atoms with E-state index in [4.69, 9.17) is 4.74 Å². The number of benzene rings is 2. The Balaban J connectivity index is 1.99. The molecule has 102 valence electrons. The molecule has 0 saturated heterocycles. The molecule has 1 aliphatic heterocycles. The van der Waals surface area contributed by atoms with E-state index >= 15 is 0 Å². The van der Waals surface area contributed by atoms with Crippen LogP contribution in [0.25, 0.3) is 0 Å². The van der Waals surface area contributed by atoms with Crippen molar-refractivity contribution in [1.82, 2.24) is 0 Å². The molecule has 2 aromatic carbocycles. The fourth-order valence-electron chi connectivity index (χ4n) is 2.79. The van der Waals surface area contributed by atoms with Crippen molar-refractivity contribution in [3.8, 4) is 11.5 Å². The zero-order valence-electron chi connectivity index (χ0n) is 12.5. The van der Waals surface area contributed by atoms with Crippen LogP contribution in [0.3, 0.4) is 0 Å². The summed E-state index contributed by atoms with van der Waals surface area (Å²) < 4.78 is 8.21. The molecule has 0 aromatic heterocycles. The molecule has 3 rings (SSSR count). The Kier molecular flexibility index (Phi) is 2.89. The van der Waals surface area contributed by atoms with Crippen molar-refractivity contribution in [2.45, 2.75) is 26.2 Å². The van der Waals surface area contributed by atoms with Gasteiger partial charge in [-0.2, -0.15) is 0 Å².